The van der Waals surface area contributed by atoms with Crippen molar-refractivity contribution in [2.45, 2.75) is 6.10 Å². The summed E-state index contributed by atoms with van der Waals surface area (Å²) < 4.78 is 5.67. The zero-order chi connectivity index (χ0) is 11.7. The largest absolute Gasteiger partial charge is 0.367 e. The van der Waals surface area contributed by atoms with Gasteiger partial charge in [0.25, 0.3) is 0 Å². The predicted molar refractivity (Wildman–Crippen MR) is 63.7 cm³/mol. The lowest BCUT2D eigenvalue weighted by atomic mass is 10.0. The number of carbonyl (C=O) groups excluding carboxylic acids is 1. The van der Waals surface area contributed by atoms with E-state index in [0.29, 0.717) is 19.7 Å². The van der Waals surface area contributed by atoms with Gasteiger partial charge in [-0.15, -0.1) is 11.3 Å². The second kappa shape index (κ2) is 4.72. The number of ether oxygens (including phenoxy) is 1. The Labute approximate surface area is 104 Å². The van der Waals surface area contributed by atoms with E-state index in [1.54, 1.807) is 17.5 Å². The van der Waals surface area contributed by atoms with Gasteiger partial charge in [-0.2, -0.15) is 0 Å². The fraction of sp³-hybridized carbons (Fsp3) is 0.636. The maximum Gasteiger partial charge on any atom is 0.228 e. The van der Waals surface area contributed by atoms with Crippen LogP contribution < -0.4 is 5.32 Å². The van der Waals surface area contributed by atoms with E-state index in [1.807, 2.05) is 10.3 Å². The molecular weight excluding hydrogens is 238 g/mol. The molecule has 1 unspecified atom stereocenters. The molecule has 2 saturated heterocycles. The van der Waals surface area contributed by atoms with Crippen molar-refractivity contribution >= 4 is 17.2 Å². The van der Waals surface area contributed by atoms with Gasteiger partial charge in [0, 0.05) is 31.2 Å². The van der Waals surface area contributed by atoms with Gasteiger partial charge < -0.3 is 15.0 Å². The highest BCUT2D eigenvalue weighted by Crippen LogP contribution is 2.25. The molecule has 6 heteroatoms. The number of carbonyl (C=O) groups is 1. The average molecular weight is 253 g/mol. The number of amides is 1. The number of rotatable bonds is 2. The molecule has 1 aromatic rings. The van der Waals surface area contributed by atoms with E-state index in [4.69, 9.17) is 4.74 Å². The summed E-state index contributed by atoms with van der Waals surface area (Å²) in [5.74, 6) is 0.429. The normalized spacial score (nSPS) is 25.6. The molecule has 0 aromatic carbocycles. The molecule has 0 saturated carbocycles. The number of morpholine rings is 1. The number of nitrogens with zero attached hydrogens (tertiary/aromatic N) is 2. The van der Waals surface area contributed by atoms with E-state index < -0.39 is 0 Å². The zero-order valence-corrected chi connectivity index (χ0v) is 10.3. The monoisotopic (exact) mass is 253 g/mol. The van der Waals surface area contributed by atoms with Crippen LogP contribution >= 0.6 is 11.3 Å². The van der Waals surface area contributed by atoms with Gasteiger partial charge in [0.1, 0.15) is 11.1 Å². The first-order valence-corrected chi connectivity index (χ1v) is 6.73. The van der Waals surface area contributed by atoms with Crippen molar-refractivity contribution in [1.82, 2.24) is 15.2 Å². The Morgan fingerprint density at radius 1 is 1.59 bits per heavy atom. The highest BCUT2D eigenvalue weighted by molar-refractivity contribution is 7.09. The van der Waals surface area contributed by atoms with Gasteiger partial charge in [0.15, 0.2) is 0 Å². The molecule has 0 radical (unpaired) electrons. The molecule has 0 aliphatic carbocycles. The van der Waals surface area contributed by atoms with Crippen LogP contribution in [0.15, 0.2) is 11.6 Å². The van der Waals surface area contributed by atoms with E-state index >= 15 is 0 Å². The molecule has 2 fully saturated rings. The maximum absolute atomic E-state index is 12.1. The third-order valence-electron chi connectivity index (χ3n) is 3.24. The van der Waals surface area contributed by atoms with Crippen LogP contribution in [-0.4, -0.2) is 48.6 Å². The Bertz CT molecular complexity index is 391. The standard InChI is InChI=1S/C11H15N3O2S/c15-11(8-5-12-6-8)14-2-3-16-9(7-14)10-13-1-4-17-10/h1,4,8-9,12H,2-3,5-7H2. The molecule has 1 N–H and O–H groups in total. The number of hydrogen-bond donors (Lipinski definition) is 1. The third-order valence-corrected chi connectivity index (χ3v) is 4.10. The second-order valence-electron chi connectivity index (χ2n) is 4.37. The SMILES string of the molecule is O=C(C1CNC1)N1CCOC(c2nccs2)C1. The fourth-order valence-electron chi connectivity index (χ4n) is 2.11. The molecule has 92 valence electrons. The van der Waals surface area contributed by atoms with E-state index in [9.17, 15) is 4.79 Å². The van der Waals surface area contributed by atoms with Gasteiger partial charge in [-0.1, -0.05) is 0 Å². The minimum atomic E-state index is -0.0410. The Morgan fingerprint density at radius 3 is 3.12 bits per heavy atom. The Morgan fingerprint density at radius 2 is 2.47 bits per heavy atom. The summed E-state index contributed by atoms with van der Waals surface area (Å²) in [5, 5.41) is 6.04. The molecule has 1 atom stereocenters. The molecule has 17 heavy (non-hydrogen) atoms. The molecule has 0 bridgehead atoms. The zero-order valence-electron chi connectivity index (χ0n) is 9.46. The van der Waals surface area contributed by atoms with Gasteiger partial charge in [-0.05, 0) is 0 Å². The van der Waals surface area contributed by atoms with Crippen molar-refractivity contribution in [3.63, 3.8) is 0 Å². The van der Waals surface area contributed by atoms with Crippen LogP contribution in [0.1, 0.15) is 11.1 Å². The number of aromatic nitrogens is 1. The van der Waals surface area contributed by atoms with Crippen molar-refractivity contribution in [2.75, 3.05) is 32.8 Å². The molecule has 0 spiro atoms. The summed E-state index contributed by atoms with van der Waals surface area (Å²) in [6.45, 7) is 3.59. The minimum absolute atomic E-state index is 0.0410. The Balaban J connectivity index is 1.65. The van der Waals surface area contributed by atoms with Crippen molar-refractivity contribution in [1.29, 1.82) is 0 Å². The second-order valence-corrected chi connectivity index (χ2v) is 5.30. The first-order chi connectivity index (χ1) is 8.34. The molecule has 1 amide bonds. The summed E-state index contributed by atoms with van der Waals surface area (Å²) in [4.78, 5) is 18.3. The summed E-state index contributed by atoms with van der Waals surface area (Å²) >= 11 is 1.58. The summed E-state index contributed by atoms with van der Waals surface area (Å²) in [6, 6.07) is 0. The van der Waals surface area contributed by atoms with Crippen LogP contribution in [0.2, 0.25) is 0 Å². The van der Waals surface area contributed by atoms with Crippen LogP contribution in [0, 0.1) is 5.92 Å². The molecule has 2 aliphatic heterocycles. The van der Waals surface area contributed by atoms with Gasteiger partial charge in [-0.3, -0.25) is 4.79 Å². The summed E-state index contributed by atoms with van der Waals surface area (Å²) in [7, 11) is 0. The molecule has 3 rings (SSSR count). The van der Waals surface area contributed by atoms with E-state index in [1.165, 1.54) is 0 Å². The maximum atomic E-state index is 12.1. The molecular formula is C11H15N3O2S. The molecule has 3 heterocycles. The number of thiazole rings is 1. The lowest BCUT2D eigenvalue weighted by Crippen LogP contribution is -2.54. The van der Waals surface area contributed by atoms with Crippen LogP contribution in [0.3, 0.4) is 0 Å². The lowest BCUT2D eigenvalue weighted by Gasteiger charge is -2.37. The van der Waals surface area contributed by atoms with E-state index in [0.717, 1.165) is 18.1 Å². The number of nitrogens with one attached hydrogen (secondary N) is 1. The van der Waals surface area contributed by atoms with Crippen LogP contribution in [-0.2, 0) is 9.53 Å². The van der Waals surface area contributed by atoms with Crippen molar-refractivity contribution in [3.8, 4) is 0 Å². The summed E-state index contributed by atoms with van der Waals surface area (Å²) in [5.41, 5.74) is 0. The highest BCUT2D eigenvalue weighted by Gasteiger charge is 2.33. The van der Waals surface area contributed by atoms with Crippen molar-refractivity contribution in [3.05, 3.63) is 16.6 Å². The summed E-state index contributed by atoms with van der Waals surface area (Å²) in [6.07, 6.45) is 1.74. The molecule has 2 aliphatic rings. The third kappa shape index (κ3) is 2.20. The van der Waals surface area contributed by atoms with Gasteiger partial charge in [-0.25, -0.2) is 4.98 Å². The minimum Gasteiger partial charge on any atom is -0.367 e. The first-order valence-electron chi connectivity index (χ1n) is 5.85. The lowest BCUT2D eigenvalue weighted by molar-refractivity contribution is -0.144. The van der Waals surface area contributed by atoms with Crippen molar-refractivity contribution in [2.24, 2.45) is 5.92 Å². The highest BCUT2D eigenvalue weighted by atomic mass is 32.1. The van der Waals surface area contributed by atoms with Gasteiger partial charge in [0.2, 0.25) is 5.91 Å². The van der Waals surface area contributed by atoms with E-state index in [2.05, 4.69) is 10.3 Å². The number of hydrogen-bond acceptors (Lipinski definition) is 5. The Hall–Kier alpha value is -0.980. The molecule has 5 nitrogen and oxygen atoms in total. The van der Waals surface area contributed by atoms with Gasteiger partial charge >= 0.3 is 0 Å². The quantitative estimate of drug-likeness (QED) is 0.821. The van der Waals surface area contributed by atoms with Crippen LogP contribution in [0.5, 0.6) is 0 Å². The van der Waals surface area contributed by atoms with Gasteiger partial charge in [0.05, 0.1) is 19.1 Å². The fourth-order valence-corrected chi connectivity index (χ4v) is 2.79. The Kier molecular flexibility index (Phi) is 3.09. The van der Waals surface area contributed by atoms with Crippen molar-refractivity contribution < 1.29 is 9.53 Å². The van der Waals surface area contributed by atoms with Crippen LogP contribution in [0.4, 0.5) is 0 Å². The average Bonchev–Trinajstić information content (AvgIpc) is 2.80. The topological polar surface area (TPSA) is 54.5 Å². The van der Waals surface area contributed by atoms with Crippen LogP contribution in [0.25, 0.3) is 0 Å². The first kappa shape index (κ1) is 11.1. The smallest absolute Gasteiger partial charge is 0.228 e. The molecule has 1 aromatic heterocycles. The predicted octanol–water partition coefficient (Wildman–Crippen LogP) is 0.262. The van der Waals surface area contributed by atoms with E-state index in [-0.39, 0.29) is 17.9 Å².